The predicted molar refractivity (Wildman–Crippen MR) is 170 cm³/mol. The standard InChI is InChI=1S/C36H29.C2H6Si.2ClH.Zr/c1-23(2)20-26-22-35-31(29-15-7-12-24-10-3-5-13-27(24)29)17-9-19-33(35)36(26)32-18-8-16-30-28-14-6-4-11-25(28)21-34(30)32;1-3-2;;;/h3-17,19,22-23,36H,20-21H2,1-2H3;1-2H3;2*1H;/q-1;;;;+3/p-2. The fourth-order valence-corrected chi connectivity index (χ4v) is 6.52. The molecule has 0 saturated carbocycles. The Morgan fingerprint density at radius 2 is 1.40 bits per heavy atom. The minimum absolute atomic E-state index is 0. The zero-order valence-electron chi connectivity index (χ0n) is 24.6. The van der Waals surface area contributed by atoms with Crippen LogP contribution in [0.1, 0.15) is 54.0 Å². The summed E-state index contributed by atoms with van der Waals surface area (Å²) >= 11 is 0. The third kappa shape index (κ3) is 6.34. The van der Waals surface area contributed by atoms with Gasteiger partial charge in [-0.1, -0.05) is 124 Å². The van der Waals surface area contributed by atoms with Crippen LogP contribution in [-0.4, -0.2) is 9.52 Å². The summed E-state index contributed by atoms with van der Waals surface area (Å²) in [5.74, 6) is 0.865. The van der Waals surface area contributed by atoms with Crippen molar-refractivity contribution in [1.29, 1.82) is 0 Å². The number of benzene rings is 5. The van der Waals surface area contributed by atoms with Gasteiger partial charge in [-0.05, 0) is 62.9 Å². The van der Waals surface area contributed by atoms with E-state index in [0.717, 1.165) is 22.4 Å². The maximum absolute atomic E-state index is 3.74. The topological polar surface area (TPSA) is 0 Å². The summed E-state index contributed by atoms with van der Waals surface area (Å²) in [6.45, 7) is 8.98. The molecule has 0 spiro atoms. The van der Waals surface area contributed by atoms with Gasteiger partial charge >= 0.3 is 26.2 Å². The molecule has 0 aromatic heterocycles. The van der Waals surface area contributed by atoms with Crippen LogP contribution in [0.5, 0.6) is 0 Å². The molecule has 0 nitrogen and oxygen atoms in total. The number of fused-ring (bicyclic) bond motifs is 5. The van der Waals surface area contributed by atoms with Gasteiger partial charge in [0.25, 0.3) is 0 Å². The Balaban J connectivity index is 0.000000776. The second-order valence-electron chi connectivity index (χ2n) is 11.2. The van der Waals surface area contributed by atoms with Crippen molar-refractivity contribution in [1.82, 2.24) is 0 Å². The van der Waals surface area contributed by atoms with E-state index in [1.165, 1.54) is 66.4 Å². The maximum atomic E-state index is 3.74. The third-order valence-electron chi connectivity index (χ3n) is 7.98. The van der Waals surface area contributed by atoms with Gasteiger partial charge in [-0.15, -0.1) is 16.7 Å². The van der Waals surface area contributed by atoms with Gasteiger partial charge in [-0.2, -0.15) is 18.2 Å². The Labute approximate surface area is 285 Å². The van der Waals surface area contributed by atoms with Crippen LogP contribution in [0.25, 0.3) is 39.1 Å². The molecule has 42 heavy (non-hydrogen) atoms. The molecule has 5 aromatic carbocycles. The zero-order chi connectivity index (χ0) is 26.9. The number of rotatable bonds is 4. The first-order chi connectivity index (χ1) is 19.1. The molecule has 3 radical (unpaired) electrons. The number of hydrogen-bond donors (Lipinski definition) is 0. The SMILES string of the molecule is CC(C)CC1=Cc2c(-c3cccc4ccccc34)cccc2C1c1[c-]ccc2c1Cc1ccccc1-2.C[Si]C.[Cl-].[Cl-].[Zr+3]. The van der Waals surface area contributed by atoms with E-state index in [0.29, 0.717) is 5.92 Å². The summed E-state index contributed by atoms with van der Waals surface area (Å²) in [5.41, 5.74) is 14.0. The zero-order valence-corrected chi connectivity index (χ0v) is 29.6. The van der Waals surface area contributed by atoms with E-state index in [-0.39, 0.29) is 56.9 Å². The first kappa shape index (κ1) is 34.3. The first-order valence-electron chi connectivity index (χ1n) is 14.1. The van der Waals surface area contributed by atoms with Gasteiger partial charge < -0.3 is 24.8 Å². The van der Waals surface area contributed by atoms with Crippen molar-refractivity contribution in [3.8, 4) is 22.3 Å². The van der Waals surface area contributed by atoms with Crippen LogP contribution in [0, 0.1) is 12.0 Å². The van der Waals surface area contributed by atoms with E-state index in [2.05, 4.69) is 136 Å². The molecule has 2 aliphatic rings. The molecule has 1 atom stereocenters. The van der Waals surface area contributed by atoms with Gasteiger partial charge in [0.1, 0.15) is 0 Å². The molecule has 0 bridgehead atoms. The summed E-state index contributed by atoms with van der Waals surface area (Å²) in [6, 6.07) is 39.4. The molecule has 0 amide bonds. The molecule has 209 valence electrons. The van der Waals surface area contributed by atoms with Crippen molar-refractivity contribution < 1.29 is 51.0 Å². The van der Waals surface area contributed by atoms with E-state index in [9.17, 15) is 0 Å². The summed E-state index contributed by atoms with van der Waals surface area (Å²) < 4.78 is 0. The molecule has 2 aliphatic carbocycles. The van der Waals surface area contributed by atoms with E-state index < -0.39 is 0 Å². The van der Waals surface area contributed by atoms with Gasteiger partial charge in [-0.3, -0.25) is 0 Å². The second-order valence-corrected chi connectivity index (χ2v) is 12.2. The van der Waals surface area contributed by atoms with Crippen LogP contribution in [0.4, 0.5) is 0 Å². The molecule has 0 fully saturated rings. The number of allylic oxidation sites excluding steroid dienone is 1. The Kier molecular flexibility index (Phi) is 12.2. The van der Waals surface area contributed by atoms with Gasteiger partial charge in [-0.25, -0.2) is 0 Å². The van der Waals surface area contributed by atoms with Crippen molar-refractivity contribution in [2.75, 3.05) is 0 Å². The van der Waals surface area contributed by atoms with E-state index in [4.69, 9.17) is 0 Å². The number of halogens is 2. The van der Waals surface area contributed by atoms with Gasteiger partial charge in [0.05, 0.1) is 0 Å². The van der Waals surface area contributed by atoms with Crippen LogP contribution in [0.2, 0.25) is 13.1 Å². The molecule has 0 saturated heterocycles. The van der Waals surface area contributed by atoms with Crippen LogP contribution in [0.15, 0.2) is 103 Å². The quantitative estimate of drug-likeness (QED) is 0.193. The first-order valence-corrected chi connectivity index (χ1v) is 16.1. The number of hydrogen-bond acceptors (Lipinski definition) is 0. The molecule has 0 heterocycles. The predicted octanol–water partition coefficient (Wildman–Crippen LogP) is 4.25. The summed E-state index contributed by atoms with van der Waals surface area (Å²) in [7, 11) is 1.08. The van der Waals surface area contributed by atoms with Crippen LogP contribution >= 0.6 is 0 Å². The smallest absolute Gasteiger partial charge is 1.00 e. The monoisotopic (exact) mass is 679 g/mol. The summed E-state index contributed by atoms with van der Waals surface area (Å²) in [5, 5.41) is 2.61. The summed E-state index contributed by atoms with van der Waals surface area (Å²) in [6.07, 6.45) is 4.60. The van der Waals surface area contributed by atoms with Gasteiger partial charge in [0, 0.05) is 15.4 Å². The average molecular weight is 682 g/mol. The van der Waals surface area contributed by atoms with Crippen molar-refractivity contribution >= 4 is 26.4 Å². The Morgan fingerprint density at radius 3 is 2.19 bits per heavy atom. The average Bonchev–Trinajstić information content (AvgIpc) is 3.51. The normalized spacial score (nSPS) is 13.8. The van der Waals surface area contributed by atoms with Crippen molar-refractivity contribution in [2.45, 2.75) is 45.7 Å². The minimum Gasteiger partial charge on any atom is -1.00 e. The van der Waals surface area contributed by atoms with E-state index >= 15 is 0 Å². The summed E-state index contributed by atoms with van der Waals surface area (Å²) in [4.78, 5) is 0. The molecule has 4 heteroatoms. The van der Waals surface area contributed by atoms with E-state index in [1.54, 1.807) is 0 Å². The van der Waals surface area contributed by atoms with Crippen molar-refractivity contribution in [3.05, 3.63) is 137 Å². The van der Waals surface area contributed by atoms with Gasteiger partial charge in [0.15, 0.2) is 0 Å². The van der Waals surface area contributed by atoms with E-state index in [1.807, 2.05) is 0 Å². The molecule has 7 rings (SSSR count). The van der Waals surface area contributed by atoms with Gasteiger partial charge in [0.2, 0.25) is 0 Å². The van der Waals surface area contributed by atoms with Crippen LogP contribution in [-0.2, 0) is 32.6 Å². The molecular weight excluding hydrogens is 647 g/mol. The molecule has 1 unspecified atom stereocenters. The molecule has 0 N–H and O–H groups in total. The second kappa shape index (κ2) is 15.0. The maximum Gasteiger partial charge on any atom is 3.00 e. The molecular formula is C38H35Cl2SiZr. The van der Waals surface area contributed by atoms with Crippen LogP contribution < -0.4 is 24.8 Å². The van der Waals surface area contributed by atoms with Crippen molar-refractivity contribution in [3.63, 3.8) is 0 Å². The fraction of sp³-hybridized carbons (Fsp3) is 0.211. The minimum atomic E-state index is 0. The Morgan fingerprint density at radius 1 is 0.762 bits per heavy atom. The molecule has 0 aliphatic heterocycles. The fourth-order valence-electron chi connectivity index (χ4n) is 6.52. The largest absolute Gasteiger partial charge is 3.00 e. The Hall–Kier alpha value is -2.22. The van der Waals surface area contributed by atoms with Crippen molar-refractivity contribution in [2.24, 2.45) is 5.92 Å². The van der Waals surface area contributed by atoms with Crippen LogP contribution in [0.3, 0.4) is 0 Å². The Bertz CT molecular complexity index is 1700. The third-order valence-corrected chi connectivity index (χ3v) is 7.98. The molecule has 5 aromatic rings.